The van der Waals surface area contributed by atoms with Crippen LogP contribution in [0.5, 0.6) is 0 Å². The van der Waals surface area contributed by atoms with Gasteiger partial charge in [-0.3, -0.25) is 4.79 Å². The summed E-state index contributed by atoms with van der Waals surface area (Å²) in [5, 5.41) is 6.82. The normalized spacial score (nSPS) is 18.1. The number of halogens is 2. The van der Waals surface area contributed by atoms with Crippen LogP contribution in [0, 0.1) is 12.7 Å². The SMILES string of the molecule is Cc1onc(-c2c(F)cccc2Cl)c1C(=O)N[C@@H](C)CO[C@@H]1CCOC1. The van der Waals surface area contributed by atoms with E-state index < -0.39 is 11.7 Å². The van der Waals surface area contributed by atoms with Gasteiger partial charge >= 0.3 is 0 Å². The van der Waals surface area contributed by atoms with Gasteiger partial charge in [0.1, 0.15) is 22.8 Å². The highest BCUT2D eigenvalue weighted by molar-refractivity contribution is 6.33. The van der Waals surface area contributed by atoms with Crippen LogP contribution in [0.25, 0.3) is 11.3 Å². The van der Waals surface area contributed by atoms with Gasteiger partial charge in [0.05, 0.1) is 29.9 Å². The zero-order chi connectivity index (χ0) is 18.7. The number of carbonyl (C=O) groups excluding carboxylic acids is 1. The third-order valence-electron chi connectivity index (χ3n) is 4.14. The maximum atomic E-state index is 14.2. The maximum absolute atomic E-state index is 14.2. The van der Waals surface area contributed by atoms with E-state index in [1.54, 1.807) is 6.92 Å². The quantitative estimate of drug-likeness (QED) is 0.829. The van der Waals surface area contributed by atoms with Crippen LogP contribution >= 0.6 is 11.6 Å². The summed E-state index contributed by atoms with van der Waals surface area (Å²) in [6.45, 7) is 5.03. The van der Waals surface area contributed by atoms with Crippen molar-refractivity contribution in [3.8, 4) is 11.3 Å². The van der Waals surface area contributed by atoms with Crippen LogP contribution in [0.2, 0.25) is 5.02 Å². The molecule has 0 saturated carbocycles. The second-order valence-corrected chi connectivity index (χ2v) is 6.66. The highest BCUT2D eigenvalue weighted by atomic mass is 35.5. The van der Waals surface area contributed by atoms with E-state index in [1.807, 2.05) is 6.92 Å². The van der Waals surface area contributed by atoms with Gasteiger partial charge in [0.15, 0.2) is 0 Å². The molecule has 0 aliphatic carbocycles. The molecule has 1 amide bonds. The molecule has 1 aromatic heterocycles. The van der Waals surface area contributed by atoms with Gasteiger partial charge in [-0.2, -0.15) is 0 Å². The van der Waals surface area contributed by atoms with E-state index in [1.165, 1.54) is 18.2 Å². The van der Waals surface area contributed by atoms with Crippen LogP contribution in [0.15, 0.2) is 22.7 Å². The van der Waals surface area contributed by atoms with Gasteiger partial charge in [-0.25, -0.2) is 4.39 Å². The van der Waals surface area contributed by atoms with Crippen molar-refractivity contribution in [3.05, 3.63) is 40.4 Å². The molecule has 3 rings (SSSR count). The molecule has 1 aromatic carbocycles. The van der Waals surface area contributed by atoms with Crippen LogP contribution in [-0.4, -0.2) is 43.0 Å². The Balaban J connectivity index is 1.74. The molecule has 0 radical (unpaired) electrons. The van der Waals surface area contributed by atoms with Crippen LogP contribution in [0.3, 0.4) is 0 Å². The summed E-state index contributed by atoms with van der Waals surface area (Å²) in [6, 6.07) is 4.03. The Bertz CT molecular complexity index is 769. The predicted octanol–water partition coefficient (Wildman–Crippen LogP) is 3.37. The first kappa shape index (κ1) is 18.8. The summed E-state index contributed by atoms with van der Waals surface area (Å²) >= 11 is 6.09. The average molecular weight is 383 g/mol. The number of amides is 1. The van der Waals surface area contributed by atoms with E-state index in [0.29, 0.717) is 19.8 Å². The topological polar surface area (TPSA) is 73.6 Å². The van der Waals surface area contributed by atoms with E-state index in [9.17, 15) is 9.18 Å². The van der Waals surface area contributed by atoms with Gasteiger partial charge in [0.2, 0.25) is 0 Å². The summed E-state index contributed by atoms with van der Waals surface area (Å²) < 4.78 is 30.3. The van der Waals surface area contributed by atoms with Gasteiger partial charge < -0.3 is 19.3 Å². The second kappa shape index (κ2) is 8.16. The van der Waals surface area contributed by atoms with Crippen molar-refractivity contribution in [2.45, 2.75) is 32.4 Å². The van der Waals surface area contributed by atoms with E-state index in [2.05, 4.69) is 10.5 Å². The van der Waals surface area contributed by atoms with Gasteiger partial charge in [0, 0.05) is 12.6 Å². The Hall–Kier alpha value is -1.96. The van der Waals surface area contributed by atoms with Crippen molar-refractivity contribution in [2.75, 3.05) is 19.8 Å². The van der Waals surface area contributed by atoms with Crippen molar-refractivity contribution in [3.63, 3.8) is 0 Å². The zero-order valence-corrected chi connectivity index (χ0v) is 15.3. The van der Waals surface area contributed by atoms with Crippen LogP contribution in [-0.2, 0) is 9.47 Å². The lowest BCUT2D eigenvalue weighted by Crippen LogP contribution is -2.37. The first-order valence-corrected chi connectivity index (χ1v) is 8.76. The molecule has 1 aliphatic rings. The van der Waals surface area contributed by atoms with Crippen molar-refractivity contribution < 1.29 is 23.2 Å². The molecule has 0 bridgehead atoms. The number of aromatic nitrogens is 1. The summed E-state index contributed by atoms with van der Waals surface area (Å²) in [5.41, 5.74) is 0.289. The largest absolute Gasteiger partial charge is 0.379 e. The van der Waals surface area contributed by atoms with E-state index in [4.69, 9.17) is 25.6 Å². The smallest absolute Gasteiger partial charge is 0.257 e. The molecule has 2 atom stereocenters. The number of nitrogens with one attached hydrogen (secondary N) is 1. The number of ether oxygens (including phenoxy) is 2. The lowest BCUT2D eigenvalue weighted by atomic mass is 10.0. The third kappa shape index (κ3) is 4.06. The number of nitrogens with zero attached hydrogens (tertiary/aromatic N) is 1. The molecule has 0 spiro atoms. The Kier molecular flexibility index (Phi) is 5.90. The molecule has 2 heterocycles. The summed E-state index contributed by atoms with van der Waals surface area (Å²) in [5.74, 6) is -0.705. The number of hydrogen-bond acceptors (Lipinski definition) is 5. The first-order valence-electron chi connectivity index (χ1n) is 8.38. The maximum Gasteiger partial charge on any atom is 0.257 e. The third-order valence-corrected chi connectivity index (χ3v) is 4.45. The van der Waals surface area contributed by atoms with Crippen LogP contribution < -0.4 is 5.32 Å². The fourth-order valence-corrected chi connectivity index (χ4v) is 3.05. The predicted molar refractivity (Wildman–Crippen MR) is 93.7 cm³/mol. The number of benzene rings is 1. The standard InChI is InChI=1S/C18H20ClFN2O4/c1-10(8-25-12-6-7-24-9-12)21-18(23)15-11(2)26-22-17(15)16-13(19)4-3-5-14(16)20/h3-5,10,12H,6-9H2,1-2H3,(H,21,23)/t10-,12+/m0/s1. The number of rotatable bonds is 6. The fraction of sp³-hybridized carbons (Fsp3) is 0.444. The molecule has 0 unspecified atom stereocenters. The summed E-state index contributed by atoms with van der Waals surface area (Å²) in [7, 11) is 0. The van der Waals surface area contributed by atoms with E-state index in [-0.39, 0.29) is 39.7 Å². The van der Waals surface area contributed by atoms with Crippen LogP contribution in [0.4, 0.5) is 4.39 Å². The molecule has 140 valence electrons. The first-order chi connectivity index (χ1) is 12.5. The van der Waals surface area contributed by atoms with Gasteiger partial charge in [-0.1, -0.05) is 22.8 Å². The second-order valence-electron chi connectivity index (χ2n) is 6.25. The summed E-state index contributed by atoms with van der Waals surface area (Å²) in [4.78, 5) is 12.7. The molecular formula is C18H20ClFN2O4. The average Bonchev–Trinajstić information content (AvgIpc) is 3.23. The van der Waals surface area contributed by atoms with Gasteiger partial charge in [-0.05, 0) is 32.4 Å². The van der Waals surface area contributed by atoms with Crippen molar-refractivity contribution in [1.29, 1.82) is 0 Å². The molecule has 1 N–H and O–H groups in total. The molecule has 2 aromatic rings. The number of aryl methyl sites for hydroxylation is 1. The fourth-order valence-electron chi connectivity index (χ4n) is 2.80. The molecular weight excluding hydrogens is 363 g/mol. The lowest BCUT2D eigenvalue weighted by molar-refractivity contribution is 0.0318. The lowest BCUT2D eigenvalue weighted by Gasteiger charge is -2.17. The Morgan fingerprint density at radius 3 is 3.04 bits per heavy atom. The molecule has 6 nitrogen and oxygen atoms in total. The molecule has 1 aliphatic heterocycles. The van der Waals surface area contributed by atoms with Gasteiger partial charge in [0.25, 0.3) is 5.91 Å². The van der Waals surface area contributed by atoms with E-state index in [0.717, 1.165) is 6.42 Å². The Labute approximate surface area is 155 Å². The molecule has 1 fully saturated rings. The minimum Gasteiger partial charge on any atom is -0.379 e. The van der Waals surface area contributed by atoms with Gasteiger partial charge in [-0.15, -0.1) is 0 Å². The van der Waals surface area contributed by atoms with Crippen molar-refractivity contribution in [1.82, 2.24) is 10.5 Å². The Morgan fingerprint density at radius 1 is 1.54 bits per heavy atom. The molecule has 8 heteroatoms. The highest BCUT2D eigenvalue weighted by Crippen LogP contribution is 2.33. The summed E-state index contributed by atoms with van der Waals surface area (Å²) in [6.07, 6.45) is 0.904. The Morgan fingerprint density at radius 2 is 2.35 bits per heavy atom. The molecule has 26 heavy (non-hydrogen) atoms. The highest BCUT2D eigenvalue weighted by Gasteiger charge is 2.26. The number of hydrogen-bond donors (Lipinski definition) is 1. The van der Waals surface area contributed by atoms with E-state index >= 15 is 0 Å². The minimum absolute atomic E-state index is 0.0446. The number of carbonyl (C=O) groups is 1. The zero-order valence-electron chi connectivity index (χ0n) is 14.6. The van der Waals surface area contributed by atoms with Crippen molar-refractivity contribution >= 4 is 17.5 Å². The molecule has 1 saturated heterocycles. The van der Waals surface area contributed by atoms with Crippen LogP contribution in [0.1, 0.15) is 29.5 Å². The monoisotopic (exact) mass is 382 g/mol. The van der Waals surface area contributed by atoms with Crippen molar-refractivity contribution in [2.24, 2.45) is 0 Å². The minimum atomic E-state index is -0.572.